The number of carbonyl (C=O) groups is 1. The molecule has 0 bridgehead atoms. The van der Waals surface area contributed by atoms with Crippen LogP contribution in [0.2, 0.25) is 0 Å². The number of aliphatic carboxylic acids is 1. The normalized spacial score (nSPS) is 42.3. The summed E-state index contributed by atoms with van der Waals surface area (Å²) in [5, 5.41) is 19.5. The van der Waals surface area contributed by atoms with Gasteiger partial charge in [0.2, 0.25) is 6.79 Å². The van der Waals surface area contributed by atoms with Crippen molar-refractivity contribution in [1.29, 1.82) is 0 Å². The summed E-state index contributed by atoms with van der Waals surface area (Å²) < 4.78 is 19.5. The van der Waals surface area contributed by atoms with Crippen molar-refractivity contribution in [1.82, 2.24) is 15.0 Å². The number of ether oxygens (including phenoxy) is 3. The number of hydrogen-bond donors (Lipinski definition) is 1. The van der Waals surface area contributed by atoms with Crippen LogP contribution in [0.4, 0.5) is 0 Å². The molecule has 0 unspecified atom stereocenters. The lowest BCUT2D eigenvalue weighted by Gasteiger charge is -2.72. The van der Waals surface area contributed by atoms with Crippen LogP contribution in [-0.2, 0) is 16.1 Å². The van der Waals surface area contributed by atoms with Crippen molar-refractivity contribution in [2.75, 3.05) is 6.79 Å². The van der Waals surface area contributed by atoms with Crippen LogP contribution in [0.3, 0.4) is 0 Å². The number of carboxylic acids is 1. The first-order valence-corrected chi connectivity index (χ1v) is 18.6. The largest absolute Gasteiger partial charge is 0.481 e. The van der Waals surface area contributed by atoms with Gasteiger partial charge in [-0.25, -0.2) is 4.68 Å². The highest BCUT2D eigenvalue weighted by Crippen LogP contribution is 2.77. The Morgan fingerprint density at radius 3 is 2.52 bits per heavy atom. The van der Waals surface area contributed by atoms with Crippen molar-refractivity contribution in [3.63, 3.8) is 0 Å². The fourth-order valence-corrected chi connectivity index (χ4v) is 13.5. The van der Waals surface area contributed by atoms with Crippen molar-refractivity contribution in [3.05, 3.63) is 42.2 Å². The molecule has 2 aromatic rings. The number of fused-ring (bicyclic) bond motifs is 8. The van der Waals surface area contributed by atoms with Crippen LogP contribution in [0, 0.1) is 56.7 Å². The Bertz CT molecular complexity index is 1630. The molecule has 1 aromatic carbocycles. The van der Waals surface area contributed by atoms with E-state index in [2.05, 4.69) is 58.4 Å². The molecule has 0 spiro atoms. The van der Waals surface area contributed by atoms with E-state index in [1.54, 1.807) is 4.68 Å². The van der Waals surface area contributed by atoms with E-state index in [9.17, 15) is 9.90 Å². The maximum atomic E-state index is 13.0. The van der Waals surface area contributed by atoms with E-state index in [4.69, 9.17) is 14.2 Å². The summed E-state index contributed by atoms with van der Waals surface area (Å²) in [5.41, 5.74) is 2.96. The zero-order valence-corrected chi connectivity index (χ0v) is 29.9. The molecular weight excluding hydrogens is 602 g/mol. The zero-order chi connectivity index (χ0) is 33.9. The van der Waals surface area contributed by atoms with E-state index in [0.717, 1.165) is 61.4 Å². The number of carboxylic acid groups (broad SMARTS) is 1. The van der Waals surface area contributed by atoms with Gasteiger partial charge in [0.1, 0.15) is 5.69 Å². The average molecular weight is 658 g/mol. The summed E-state index contributed by atoms with van der Waals surface area (Å²) in [6.45, 7) is 20.0. The van der Waals surface area contributed by atoms with Crippen molar-refractivity contribution in [2.24, 2.45) is 56.7 Å². The number of benzene rings is 1. The molecule has 0 saturated heterocycles. The van der Waals surface area contributed by atoms with Gasteiger partial charge in [-0.05, 0) is 135 Å². The van der Waals surface area contributed by atoms with Gasteiger partial charge in [0.15, 0.2) is 11.5 Å². The highest BCUT2D eigenvalue weighted by Gasteiger charge is 2.72. The monoisotopic (exact) mass is 657 g/mol. The molecule has 0 radical (unpaired) electrons. The summed E-state index contributed by atoms with van der Waals surface area (Å²) in [5.74, 6) is 3.15. The van der Waals surface area contributed by atoms with Crippen LogP contribution < -0.4 is 9.47 Å². The average Bonchev–Trinajstić information content (AvgIpc) is 3.79. The van der Waals surface area contributed by atoms with Gasteiger partial charge in [0.05, 0.1) is 30.0 Å². The molecule has 1 aromatic heterocycles. The fraction of sp³-hybridized carbons (Fsp3) is 0.725. The maximum absolute atomic E-state index is 13.0. The Labute approximate surface area is 286 Å². The molecule has 1 N–H and O–H groups in total. The predicted octanol–water partition coefficient (Wildman–Crippen LogP) is 8.62. The predicted molar refractivity (Wildman–Crippen MR) is 183 cm³/mol. The first kappa shape index (κ1) is 32.3. The summed E-state index contributed by atoms with van der Waals surface area (Å²) in [6.07, 6.45) is 12.8. The second-order valence-electron chi connectivity index (χ2n) is 18.0. The van der Waals surface area contributed by atoms with Gasteiger partial charge >= 0.3 is 5.97 Å². The lowest BCUT2D eigenvalue weighted by Crippen LogP contribution is -2.67. The molecule has 10 atom stereocenters. The van der Waals surface area contributed by atoms with E-state index >= 15 is 0 Å². The first-order chi connectivity index (χ1) is 22.7. The standard InChI is InChI=1S/C40H55N3O5/c1-24(2)27-12-17-40(35(44)45)19-18-38(6)28(34(27)40)9-11-32-37(5)15-14-33(36(3,4)31(37)13-16-39(32,38)7)46-22-25-21-43(42-41-25)26-8-10-29-30(20-26)48-23-47-29/h8,10,20-21,27-28,31-34H,1,9,11-19,22-23H2,2-7H3,(H,44,45)/t27-,28+,31-,32+,33-,34+,37-,38+,39+,40-/m0/s1. The van der Waals surface area contributed by atoms with E-state index in [1.807, 2.05) is 24.4 Å². The fourth-order valence-electron chi connectivity index (χ4n) is 13.5. The van der Waals surface area contributed by atoms with Crippen LogP contribution >= 0.6 is 0 Å². The third-order valence-electron chi connectivity index (χ3n) is 16.0. The van der Waals surface area contributed by atoms with E-state index < -0.39 is 11.4 Å². The van der Waals surface area contributed by atoms with Gasteiger partial charge in [0, 0.05) is 6.07 Å². The molecule has 1 aliphatic heterocycles. The van der Waals surface area contributed by atoms with Gasteiger partial charge in [-0.1, -0.05) is 52.0 Å². The van der Waals surface area contributed by atoms with E-state index in [1.165, 1.54) is 31.3 Å². The van der Waals surface area contributed by atoms with Crippen LogP contribution in [0.5, 0.6) is 11.5 Å². The zero-order valence-electron chi connectivity index (χ0n) is 29.9. The van der Waals surface area contributed by atoms with E-state index in [0.29, 0.717) is 30.3 Å². The Morgan fingerprint density at radius 1 is 0.958 bits per heavy atom. The minimum atomic E-state index is -0.564. The van der Waals surface area contributed by atoms with Crippen molar-refractivity contribution < 1.29 is 24.1 Å². The molecule has 0 amide bonds. The molecule has 8 heteroatoms. The molecular formula is C40H55N3O5. The second kappa shape index (κ2) is 10.8. The molecule has 5 fully saturated rings. The molecule has 5 saturated carbocycles. The third-order valence-corrected chi connectivity index (χ3v) is 16.0. The van der Waals surface area contributed by atoms with Gasteiger partial charge in [-0.3, -0.25) is 4.79 Å². The molecule has 8 nitrogen and oxygen atoms in total. The summed E-state index contributed by atoms with van der Waals surface area (Å²) >= 11 is 0. The Balaban J connectivity index is 1.00. The molecule has 260 valence electrons. The lowest BCUT2D eigenvalue weighted by atomic mass is 9.32. The highest BCUT2D eigenvalue weighted by molar-refractivity contribution is 5.76. The minimum Gasteiger partial charge on any atom is -0.481 e. The topological polar surface area (TPSA) is 95.7 Å². The number of nitrogens with zero attached hydrogens (tertiary/aromatic N) is 3. The first-order valence-electron chi connectivity index (χ1n) is 18.6. The van der Waals surface area contributed by atoms with Crippen molar-refractivity contribution >= 4 is 5.97 Å². The van der Waals surface area contributed by atoms with Gasteiger partial charge in [-0.15, -0.1) is 5.10 Å². The Kier molecular flexibility index (Phi) is 7.29. The number of rotatable bonds is 6. The van der Waals surface area contributed by atoms with Gasteiger partial charge in [0.25, 0.3) is 0 Å². The van der Waals surface area contributed by atoms with Gasteiger partial charge in [-0.2, -0.15) is 0 Å². The SMILES string of the molecule is C=C(C)[C@@H]1CC[C@]2(C(=O)O)CC[C@]3(C)[C@H](CC[C@@H]4[C@@]5(C)CC[C@H](OCc6cn(-c7ccc8c(c7)OCO8)nn6)C(C)(C)[C@@H]5CC[C@]43C)[C@@H]12. The van der Waals surface area contributed by atoms with Crippen LogP contribution in [0.25, 0.3) is 5.69 Å². The molecule has 8 rings (SSSR count). The Hall–Kier alpha value is -2.87. The number of allylic oxidation sites excluding steroid dienone is 1. The van der Waals surface area contributed by atoms with Crippen LogP contribution in [-0.4, -0.2) is 39.0 Å². The third kappa shape index (κ3) is 4.32. The quantitative estimate of drug-likeness (QED) is 0.311. The number of aromatic nitrogens is 3. The van der Waals surface area contributed by atoms with Crippen LogP contribution in [0.1, 0.15) is 111 Å². The molecule has 48 heavy (non-hydrogen) atoms. The maximum Gasteiger partial charge on any atom is 0.309 e. The smallest absolute Gasteiger partial charge is 0.309 e. The second-order valence-corrected chi connectivity index (χ2v) is 18.0. The summed E-state index contributed by atoms with van der Waals surface area (Å²) in [6, 6.07) is 5.80. The Morgan fingerprint density at radius 2 is 1.75 bits per heavy atom. The van der Waals surface area contributed by atoms with Crippen molar-refractivity contribution in [3.8, 4) is 17.2 Å². The van der Waals surface area contributed by atoms with Crippen molar-refractivity contribution in [2.45, 2.75) is 118 Å². The highest BCUT2D eigenvalue weighted by atomic mass is 16.7. The molecule has 6 aliphatic rings. The minimum absolute atomic E-state index is 0.0287. The van der Waals surface area contributed by atoms with Gasteiger partial charge < -0.3 is 19.3 Å². The van der Waals surface area contributed by atoms with Crippen LogP contribution in [0.15, 0.2) is 36.5 Å². The summed E-state index contributed by atoms with van der Waals surface area (Å²) in [7, 11) is 0. The molecule has 5 aliphatic carbocycles. The van der Waals surface area contributed by atoms with E-state index in [-0.39, 0.29) is 40.5 Å². The molecule has 2 heterocycles. The summed E-state index contributed by atoms with van der Waals surface area (Å²) in [4.78, 5) is 13.0. The lowest BCUT2D eigenvalue weighted by molar-refractivity contribution is -0.252. The number of hydrogen-bond acceptors (Lipinski definition) is 6.